The first-order chi connectivity index (χ1) is 11.8. The standard InChI is InChI=1S/C17H24N2O6/c1-19(2)17(23)11-9-13(24-3)14(25-4)10-12(11)18-15(20)7-5-6-8-16(21)22/h9-10H,5-8H2,1-4H3,(H,18,20)(H,21,22). The van der Waals surface area contributed by atoms with Gasteiger partial charge in [-0.1, -0.05) is 0 Å². The fraction of sp³-hybridized carbons (Fsp3) is 0.471. The highest BCUT2D eigenvalue weighted by Gasteiger charge is 2.19. The lowest BCUT2D eigenvalue weighted by molar-refractivity contribution is -0.137. The third kappa shape index (κ3) is 5.98. The van der Waals surface area contributed by atoms with Crippen LogP contribution < -0.4 is 14.8 Å². The maximum Gasteiger partial charge on any atom is 0.303 e. The summed E-state index contributed by atoms with van der Waals surface area (Å²) in [6.07, 6.45) is 1.05. The summed E-state index contributed by atoms with van der Waals surface area (Å²) in [7, 11) is 6.14. The van der Waals surface area contributed by atoms with Gasteiger partial charge in [0.05, 0.1) is 25.5 Å². The van der Waals surface area contributed by atoms with Crippen molar-refractivity contribution in [1.29, 1.82) is 0 Å². The molecular weight excluding hydrogens is 328 g/mol. The number of nitrogens with one attached hydrogen (secondary N) is 1. The van der Waals surface area contributed by atoms with Crippen molar-refractivity contribution in [3.63, 3.8) is 0 Å². The molecule has 8 nitrogen and oxygen atoms in total. The van der Waals surface area contributed by atoms with E-state index in [0.717, 1.165) is 0 Å². The molecule has 0 bridgehead atoms. The van der Waals surface area contributed by atoms with Crippen molar-refractivity contribution in [1.82, 2.24) is 4.90 Å². The molecule has 0 saturated carbocycles. The van der Waals surface area contributed by atoms with Gasteiger partial charge in [0.1, 0.15) is 0 Å². The van der Waals surface area contributed by atoms with Crippen LogP contribution in [-0.4, -0.2) is 56.1 Å². The van der Waals surface area contributed by atoms with E-state index in [4.69, 9.17) is 14.6 Å². The van der Waals surface area contributed by atoms with Gasteiger partial charge in [-0.3, -0.25) is 14.4 Å². The van der Waals surface area contributed by atoms with Crippen LogP contribution in [0.2, 0.25) is 0 Å². The highest BCUT2D eigenvalue weighted by atomic mass is 16.5. The largest absolute Gasteiger partial charge is 0.493 e. The summed E-state index contributed by atoms with van der Waals surface area (Å²) in [4.78, 5) is 36.3. The second-order valence-electron chi connectivity index (χ2n) is 5.60. The number of carboxylic acid groups (broad SMARTS) is 1. The number of anilines is 1. The molecule has 0 spiro atoms. The van der Waals surface area contributed by atoms with Gasteiger partial charge in [0.15, 0.2) is 11.5 Å². The normalized spacial score (nSPS) is 10.1. The Morgan fingerprint density at radius 3 is 2.12 bits per heavy atom. The minimum absolute atomic E-state index is 0.0218. The molecule has 0 radical (unpaired) electrons. The molecule has 0 atom stereocenters. The van der Waals surface area contributed by atoms with Gasteiger partial charge in [-0.25, -0.2) is 0 Å². The maximum absolute atomic E-state index is 12.4. The van der Waals surface area contributed by atoms with Gasteiger partial charge in [0.2, 0.25) is 5.91 Å². The van der Waals surface area contributed by atoms with Crippen molar-refractivity contribution in [2.75, 3.05) is 33.6 Å². The molecule has 2 N–H and O–H groups in total. The average molecular weight is 352 g/mol. The highest BCUT2D eigenvalue weighted by molar-refractivity contribution is 6.04. The number of ether oxygens (including phenoxy) is 2. The topological polar surface area (TPSA) is 105 Å². The number of benzene rings is 1. The van der Waals surface area contributed by atoms with E-state index in [-0.39, 0.29) is 30.2 Å². The Kier molecular flexibility index (Phi) is 7.71. The van der Waals surface area contributed by atoms with E-state index in [9.17, 15) is 14.4 Å². The van der Waals surface area contributed by atoms with Gasteiger partial charge in [-0.05, 0) is 18.9 Å². The first kappa shape index (κ1) is 20.3. The van der Waals surface area contributed by atoms with Crippen LogP contribution >= 0.6 is 0 Å². The molecule has 0 aliphatic heterocycles. The number of carbonyl (C=O) groups is 3. The number of amides is 2. The highest BCUT2D eigenvalue weighted by Crippen LogP contribution is 2.34. The molecule has 1 aromatic carbocycles. The molecule has 2 amide bonds. The minimum atomic E-state index is -0.890. The number of aliphatic carboxylic acids is 1. The lowest BCUT2D eigenvalue weighted by Gasteiger charge is -2.18. The number of nitrogens with zero attached hydrogens (tertiary/aromatic N) is 1. The average Bonchev–Trinajstić information content (AvgIpc) is 2.57. The number of carboxylic acids is 1. The van der Waals surface area contributed by atoms with Gasteiger partial charge in [0.25, 0.3) is 5.91 Å². The van der Waals surface area contributed by atoms with Crippen LogP contribution in [0.1, 0.15) is 36.0 Å². The fourth-order valence-electron chi connectivity index (χ4n) is 2.17. The quantitative estimate of drug-likeness (QED) is 0.659. The zero-order chi connectivity index (χ0) is 19.0. The predicted octanol–water partition coefficient (Wildman–Crippen LogP) is 1.99. The molecule has 0 aliphatic rings. The molecular formula is C17H24N2O6. The summed E-state index contributed by atoms with van der Waals surface area (Å²) < 4.78 is 10.4. The van der Waals surface area contributed by atoms with Crippen LogP contribution in [0.4, 0.5) is 5.69 Å². The predicted molar refractivity (Wildman–Crippen MR) is 92.3 cm³/mol. The van der Waals surface area contributed by atoms with Crippen molar-refractivity contribution >= 4 is 23.5 Å². The number of rotatable bonds is 9. The van der Waals surface area contributed by atoms with Gasteiger partial charge in [-0.2, -0.15) is 0 Å². The zero-order valence-corrected chi connectivity index (χ0v) is 14.9. The van der Waals surface area contributed by atoms with Crippen LogP contribution in [0, 0.1) is 0 Å². The number of methoxy groups -OCH3 is 2. The summed E-state index contributed by atoms with van der Waals surface area (Å²) in [5.74, 6) is -0.710. The van der Waals surface area contributed by atoms with Crippen molar-refractivity contribution in [2.45, 2.75) is 25.7 Å². The third-order valence-corrected chi connectivity index (χ3v) is 3.48. The Hall–Kier alpha value is -2.77. The lowest BCUT2D eigenvalue weighted by atomic mass is 10.1. The van der Waals surface area contributed by atoms with Crippen LogP contribution in [0.3, 0.4) is 0 Å². The number of unbranched alkanes of at least 4 members (excludes halogenated alkanes) is 1. The number of hydrogen-bond acceptors (Lipinski definition) is 5. The van der Waals surface area contributed by atoms with E-state index in [1.165, 1.54) is 31.3 Å². The van der Waals surface area contributed by atoms with Crippen LogP contribution in [-0.2, 0) is 9.59 Å². The Morgan fingerprint density at radius 2 is 1.60 bits per heavy atom. The molecule has 8 heteroatoms. The second kappa shape index (κ2) is 9.51. The Bertz CT molecular complexity index is 642. The Labute approximate surface area is 146 Å². The summed E-state index contributed by atoms with van der Waals surface area (Å²) in [6, 6.07) is 3.05. The first-order valence-electron chi connectivity index (χ1n) is 7.79. The molecule has 0 heterocycles. The van der Waals surface area contributed by atoms with Gasteiger partial charge in [0, 0.05) is 33.0 Å². The third-order valence-electron chi connectivity index (χ3n) is 3.48. The summed E-state index contributed by atoms with van der Waals surface area (Å²) >= 11 is 0. The number of hydrogen-bond donors (Lipinski definition) is 2. The molecule has 0 fully saturated rings. The monoisotopic (exact) mass is 352 g/mol. The SMILES string of the molecule is COc1cc(NC(=O)CCCCC(=O)O)c(C(=O)N(C)C)cc1OC. The van der Waals surface area contributed by atoms with Crippen molar-refractivity contribution in [3.05, 3.63) is 17.7 Å². The van der Waals surface area contributed by atoms with Gasteiger partial charge < -0.3 is 24.8 Å². The second-order valence-corrected chi connectivity index (χ2v) is 5.60. The zero-order valence-electron chi connectivity index (χ0n) is 14.9. The molecule has 0 aromatic heterocycles. The van der Waals surface area contributed by atoms with E-state index < -0.39 is 5.97 Å². The van der Waals surface area contributed by atoms with E-state index in [1.807, 2.05) is 0 Å². The minimum Gasteiger partial charge on any atom is -0.493 e. The molecule has 1 rings (SSSR count). The van der Waals surface area contributed by atoms with Crippen molar-refractivity contribution in [3.8, 4) is 11.5 Å². The molecule has 0 unspecified atom stereocenters. The van der Waals surface area contributed by atoms with Crippen molar-refractivity contribution in [2.24, 2.45) is 0 Å². The summed E-state index contributed by atoms with van der Waals surface area (Å²) in [5, 5.41) is 11.3. The molecule has 1 aromatic rings. The Balaban J connectivity index is 2.97. The lowest BCUT2D eigenvalue weighted by Crippen LogP contribution is -2.24. The van der Waals surface area contributed by atoms with E-state index >= 15 is 0 Å². The van der Waals surface area contributed by atoms with Crippen LogP contribution in [0.5, 0.6) is 11.5 Å². The first-order valence-corrected chi connectivity index (χ1v) is 7.79. The van der Waals surface area contributed by atoms with E-state index in [1.54, 1.807) is 14.1 Å². The van der Waals surface area contributed by atoms with E-state index in [0.29, 0.717) is 30.0 Å². The molecule has 0 aliphatic carbocycles. The molecule has 0 saturated heterocycles. The smallest absolute Gasteiger partial charge is 0.303 e. The van der Waals surface area contributed by atoms with Gasteiger partial charge >= 0.3 is 5.97 Å². The molecule has 138 valence electrons. The van der Waals surface area contributed by atoms with Crippen molar-refractivity contribution < 1.29 is 29.0 Å². The summed E-state index contributed by atoms with van der Waals surface area (Å²) in [6.45, 7) is 0. The number of carbonyl (C=O) groups excluding carboxylic acids is 2. The van der Waals surface area contributed by atoms with Crippen LogP contribution in [0.15, 0.2) is 12.1 Å². The fourth-order valence-corrected chi connectivity index (χ4v) is 2.17. The van der Waals surface area contributed by atoms with E-state index in [2.05, 4.69) is 5.32 Å². The maximum atomic E-state index is 12.4. The van der Waals surface area contributed by atoms with Gasteiger partial charge in [-0.15, -0.1) is 0 Å². The molecule has 25 heavy (non-hydrogen) atoms. The summed E-state index contributed by atoms with van der Waals surface area (Å²) in [5.41, 5.74) is 0.598. The Morgan fingerprint density at radius 1 is 1.04 bits per heavy atom. The van der Waals surface area contributed by atoms with Crippen LogP contribution in [0.25, 0.3) is 0 Å².